The van der Waals surface area contributed by atoms with E-state index >= 15 is 0 Å². The SMILES string of the molecule is C=CCn1c(=O)n(C(CC)[Si](OC)(OC)OC)c(=O)n(C(CC)[Si](OC)(OC)OC)c1=O. The molecule has 0 saturated carbocycles. The molecule has 1 heterocycles. The van der Waals surface area contributed by atoms with Crippen LogP contribution in [0.5, 0.6) is 0 Å². The highest BCUT2D eigenvalue weighted by molar-refractivity contribution is 6.61. The third-order valence-corrected chi connectivity index (χ3v) is 11.9. The minimum absolute atomic E-state index is 0.117. The fraction of sp³-hybridized carbons (Fsp3) is 0.722. The zero-order valence-electron chi connectivity index (χ0n) is 20.1. The monoisotopic (exact) mass is 493 g/mol. The van der Waals surface area contributed by atoms with Crippen LogP contribution in [0.15, 0.2) is 27.0 Å². The predicted octanol–water partition coefficient (Wildman–Crippen LogP) is 0.0945. The van der Waals surface area contributed by atoms with Crippen molar-refractivity contribution in [2.75, 3.05) is 42.7 Å². The van der Waals surface area contributed by atoms with Gasteiger partial charge < -0.3 is 26.6 Å². The van der Waals surface area contributed by atoms with E-state index in [9.17, 15) is 14.4 Å². The molecule has 0 aromatic carbocycles. The van der Waals surface area contributed by atoms with Gasteiger partial charge in [-0.05, 0) is 12.8 Å². The summed E-state index contributed by atoms with van der Waals surface area (Å²) in [5, 5.41) is 0. The summed E-state index contributed by atoms with van der Waals surface area (Å²) in [5.41, 5.74) is -4.29. The molecule has 0 aliphatic carbocycles. The lowest BCUT2D eigenvalue weighted by atomic mass is 10.4. The Balaban J connectivity index is 4.20. The molecule has 0 amide bonds. The van der Waals surface area contributed by atoms with E-state index in [2.05, 4.69) is 6.58 Å². The van der Waals surface area contributed by atoms with Gasteiger partial charge in [-0.3, -0.25) is 0 Å². The second-order valence-electron chi connectivity index (χ2n) is 6.77. The first-order valence-corrected chi connectivity index (χ1v) is 13.7. The molecule has 0 N–H and O–H groups in total. The van der Waals surface area contributed by atoms with Gasteiger partial charge in [0.05, 0.1) is 6.54 Å². The van der Waals surface area contributed by atoms with E-state index in [1.165, 1.54) is 48.7 Å². The molecule has 0 bridgehead atoms. The Bertz CT molecular complexity index is 852. The smallest absolute Gasteiger partial charge is 0.376 e. The quantitative estimate of drug-likeness (QED) is 0.262. The molecule has 1 aromatic heterocycles. The molecule has 0 aliphatic rings. The van der Waals surface area contributed by atoms with Crippen LogP contribution in [-0.2, 0) is 33.1 Å². The first-order valence-electron chi connectivity index (χ1n) is 10.1. The van der Waals surface area contributed by atoms with Crippen molar-refractivity contribution in [1.29, 1.82) is 0 Å². The lowest BCUT2D eigenvalue weighted by Crippen LogP contribution is -2.65. The van der Waals surface area contributed by atoms with Crippen molar-refractivity contribution in [3.63, 3.8) is 0 Å². The van der Waals surface area contributed by atoms with Crippen LogP contribution in [0.1, 0.15) is 38.0 Å². The molecule has 1 rings (SSSR count). The molecule has 0 fully saturated rings. The molecule has 2 atom stereocenters. The van der Waals surface area contributed by atoms with Crippen LogP contribution in [0.4, 0.5) is 0 Å². The van der Waals surface area contributed by atoms with Gasteiger partial charge in [0.25, 0.3) is 0 Å². The fourth-order valence-electron chi connectivity index (χ4n) is 3.94. The van der Waals surface area contributed by atoms with Crippen LogP contribution in [0.3, 0.4) is 0 Å². The molecule has 0 aliphatic heterocycles. The first-order chi connectivity index (χ1) is 15.2. The number of hydrogen-bond acceptors (Lipinski definition) is 9. The Morgan fingerprint density at radius 2 is 1.03 bits per heavy atom. The minimum Gasteiger partial charge on any atom is -0.376 e. The minimum atomic E-state index is -3.53. The normalized spacial score (nSPS) is 14.4. The molecule has 0 spiro atoms. The largest absolute Gasteiger partial charge is 0.524 e. The molecule has 32 heavy (non-hydrogen) atoms. The Labute approximate surface area is 189 Å². The highest BCUT2D eigenvalue weighted by Gasteiger charge is 2.52. The molecular formula is C18H35N3O9Si2. The van der Waals surface area contributed by atoms with E-state index in [4.69, 9.17) is 26.6 Å². The molecule has 14 heteroatoms. The summed E-state index contributed by atoms with van der Waals surface area (Å²) in [4.78, 5) is 40.5. The van der Waals surface area contributed by atoms with Crippen molar-refractivity contribution in [2.24, 2.45) is 0 Å². The zero-order chi connectivity index (χ0) is 24.7. The third kappa shape index (κ3) is 4.67. The number of allylic oxidation sites excluding steroid dienone is 1. The van der Waals surface area contributed by atoms with Crippen LogP contribution >= 0.6 is 0 Å². The highest BCUT2D eigenvalue weighted by Crippen LogP contribution is 2.26. The van der Waals surface area contributed by atoms with Gasteiger partial charge in [0.1, 0.15) is 11.3 Å². The van der Waals surface area contributed by atoms with Crippen molar-refractivity contribution in [3.8, 4) is 0 Å². The first kappa shape index (κ1) is 28.4. The molecule has 184 valence electrons. The van der Waals surface area contributed by atoms with E-state index in [0.717, 1.165) is 13.7 Å². The maximum atomic E-state index is 13.8. The van der Waals surface area contributed by atoms with Gasteiger partial charge in [0.2, 0.25) is 0 Å². The highest BCUT2D eigenvalue weighted by atomic mass is 28.4. The number of nitrogens with zero attached hydrogens (tertiary/aromatic N) is 3. The molecule has 0 radical (unpaired) electrons. The maximum absolute atomic E-state index is 13.8. The third-order valence-electron chi connectivity index (χ3n) is 5.52. The number of aromatic nitrogens is 3. The van der Waals surface area contributed by atoms with Gasteiger partial charge in [-0.2, -0.15) is 0 Å². The molecule has 1 aromatic rings. The Morgan fingerprint density at radius 3 is 1.25 bits per heavy atom. The second-order valence-corrected chi connectivity index (χ2v) is 13.0. The van der Waals surface area contributed by atoms with Crippen LogP contribution in [0.2, 0.25) is 0 Å². The van der Waals surface area contributed by atoms with E-state index in [0.29, 0.717) is 0 Å². The van der Waals surface area contributed by atoms with Crippen molar-refractivity contribution in [1.82, 2.24) is 13.7 Å². The number of hydrogen-bond donors (Lipinski definition) is 0. The van der Waals surface area contributed by atoms with Crippen molar-refractivity contribution >= 4 is 17.6 Å². The summed E-state index contributed by atoms with van der Waals surface area (Å²) in [5.74, 6) is 0. The van der Waals surface area contributed by atoms with Gasteiger partial charge in [-0.15, -0.1) is 6.58 Å². The van der Waals surface area contributed by atoms with Crippen molar-refractivity contribution in [2.45, 2.75) is 44.6 Å². The summed E-state index contributed by atoms with van der Waals surface area (Å²) < 4.78 is 36.2. The molecule has 12 nitrogen and oxygen atoms in total. The second kappa shape index (κ2) is 12.0. The Hall–Kier alpha value is -1.66. The summed E-state index contributed by atoms with van der Waals surface area (Å²) in [6.07, 6.45) is 1.92. The van der Waals surface area contributed by atoms with Crippen LogP contribution in [0, 0.1) is 0 Å². The summed E-state index contributed by atoms with van der Waals surface area (Å²) in [6, 6.07) is 0. The van der Waals surface area contributed by atoms with Gasteiger partial charge >= 0.3 is 34.7 Å². The van der Waals surface area contributed by atoms with Crippen LogP contribution < -0.4 is 17.1 Å². The standard InChI is InChI=1S/C18H35N3O9Si2/c1-10-13-19-16(22)20(14(11-2)31(25-4,26-5)27-6)18(24)21(17(19)23)15(12-3)32(28-7,29-8)30-9/h10,14-15H,1,11-13H2,2-9H3. The average molecular weight is 494 g/mol. The summed E-state index contributed by atoms with van der Waals surface area (Å²) >= 11 is 0. The van der Waals surface area contributed by atoms with E-state index in [1.54, 1.807) is 13.8 Å². The van der Waals surface area contributed by atoms with E-state index in [-0.39, 0.29) is 19.4 Å². The Morgan fingerprint density at radius 1 is 0.719 bits per heavy atom. The summed E-state index contributed by atoms with van der Waals surface area (Å²) in [7, 11) is 1.27. The molecule has 0 saturated heterocycles. The van der Waals surface area contributed by atoms with Crippen LogP contribution in [0.25, 0.3) is 0 Å². The van der Waals surface area contributed by atoms with Gasteiger partial charge in [0, 0.05) is 42.7 Å². The molecule has 2 unspecified atom stereocenters. The van der Waals surface area contributed by atoms with Crippen LogP contribution in [-0.4, -0.2) is 74.0 Å². The van der Waals surface area contributed by atoms with E-state index in [1.807, 2.05) is 0 Å². The van der Waals surface area contributed by atoms with Gasteiger partial charge in [-0.25, -0.2) is 28.1 Å². The molecular weight excluding hydrogens is 458 g/mol. The zero-order valence-corrected chi connectivity index (χ0v) is 22.1. The average Bonchev–Trinajstić information content (AvgIpc) is 2.81. The maximum Gasteiger partial charge on any atom is 0.524 e. The Kier molecular flexibility index (Phi) is 10.6. The van der Waals surface area contributed by atoms with Crippen molar-refractivity contribution < 1.29 is 26.6 Å². The van der Waals surface area contributed by atoms with Gasteiger partial charge in [-0.1, -0.05) is 19.9 Å². The van der Waals surface area contributed by atoms with Gasteiger partial charge in [0.15, 0.2) is 0 Å². The van der Waals surface area contributed by atoms with Crippen molar-refractivity contribution in [3.05, 3.63) is 44.1 Å². The topological polar surface area (TPSA) is 121 Å². The summed E-state index contributed by atoms with van der Waals surface area (Å²) in [6.45, 7) is 7.03. The lowest BCUT2D eigenvalue weighted by molar-refractivity contribution is 0.0928. The predicted molar refractivity (Wildman–Crippen MR) is 122 cm³/mol. The number of rotatable bonds is 14. The fourth-order valence-corrected chi connectivity index (χ4v) is 8.64. The van der Waals surface area contributed by atoms with E-state index < -0.39 is 46.0 Å². The lowest BCUT2D eigenvalue weighted by Gasteiger charge is -2.35.